The molecule has 0 fully saturated rings. The lowest BCUT2D eigenvalue weighted by molar-refractivity contribution is 0.0951. The molecule has 0 atom stereocenters. The summed E-state index contributed by atoms with van der Waals surface area (Å²) in [6.07, 6.45) is 3.44. The maximum Gasteiger partial charge on any atom is 0.323 e. The van der Waals surface area contributed by atoms with Crippen molar-refractivity contribution in [2.24, 2.45) is 0 Å². The second kappa shape index (κ2) is 9.64. The van der Waals surface area contributed by atoms with Crippen molar-refractivity contribution >= 4 is 34.6 Å². The summed E-state index contributed by atoms with van der Waals surface area (Å²) in [5.41, 5.74) is 3.64. The van der Waals surface area contributed by atoms with Crippen LogP contribution >= 0.6 is 11.3 Å². The van der Waals surface area contributed by atoms with Gasteiger partial charge in [0.2, 0.25) is 0 Å². The monoisotopic (exact) mass is 429 g/mol. The van der Waals surface area contributed by atoms with Crippen LogP contribution in [0.3, 0.4) is 0 Å². The summed E-state index contributed by atoms with van der Waals surface area (Å²) in [6, 6.07) is 19.3. The molecular formula is C23H19N5O2S. The quantitative estimate of drug-likeness (QED) is 0.411. The van der Waals surface area contributed by atoms with Crippen LogP contribution in [-0.4, -0.2) is 21.9 Å². The molecule has 4 aromatic rings. The Kier molecular flexibility index (Phi) is 6.29. The van der Waals surface area contributed by atoms with Crippen molar-refractivity contribution < 1.29 is 9.59 Å². The molecular weight excluding hydrogens is 410 g/mol. The number of carbonyl (C=O) groups is 2. The summed E-state index contributed by atoms with van der Waals surface area (Å²) >= 11 is 1.49. The molecule has 3 amide bonds. The normalized spacial score (nSPS) is 10.3. The third kappa shape index (κ3) is 5.52. The van der Waals surface area contributed by atoms with Gasteiger partial charge in [0.1, 0.15) is 5.01 Å². The second-order valence-corrected chi connectivity index (χ2v) is 7.51. The fourth-order valence-electron chi connectivity index (χ4n) is 2.83. The lowest BCUT2D eigenvalue weighted by atomic mass is 10.2. The molecule has 2 aromatic heterocycles. The smallest absolute Gasteiger partial charge is 0.323 e. The molecule has 0 aliphatic rings. The lowest BCUT2D eigenvalue weighted by Crippen LogP contribution is -2.23. The molecule has 0 aliphatic heterocycles. The summed E-state index contributed by atoms with van der Waals surface area (Å²) in [4.78, 5) is 33.0. The molecule has 7 nitrogen and oxygen atoms in total. The van der Waals surface area contributed by atoms with Crippen molar-refractivity contribution in [3.63, 3.8) is 0 Å². The van der Waals surface area contributed by atoms with Crippen LogP contribution in [-0.2, 0) is 6.54 Å². The first-order valence-electron chi connectivity index (χ1n) is 9.53. The standard InChI is InChI=1S/C23H19N5O2S/c29-22(25-14-21-28-20(15-31-21)16-10-12-24-13-11-16)17-6-8-19(9-7-17)27-23(30)26-18-4-2-1-3-5-18/h1-13,15H,14H2,(H,25,29)(H2,26,27,30). The Morgan fingerprint density at radius 1 is 0.839 bits per heavy atom. The molecule has 0 saturated carbocycles. The molecule has 31 heavy (non-hydrogen) atoms. The van der Waals surface area contributed by atoms with Gasteiger partial charge in [-0.05, 0) is 48.5 Å². The molecule has 0 aliphatic carbocycles. The highest BCUT2D eigenvalue weighted by Gasteiger charge is 2.09. The predicted molar refractivity (Wildman–Crippen MR) is 122 cm³/mol. The number of nitrogens with one attached hydrogen (secondary N) is 3. The van der Waals surface area contributed by atoms with E-state index >= 15 is 0 Å². The summed E-state index contributed by atoms with van der Waals surface area (Å²) in [5, 5.41) is 11.1. The Morgan fingerprint density at radius 2 is 1.52 bits per heavy atom. The van der Waals surface area contributed by atoms with Crippen molar-refractivity contribution in [3.05, 3.63) is 95.1 Å². The van der Waals surface area contributed by atoms with Crippen LogP contribution in [0.5, 0.6) is 0 Å². The number of amides is 3. The molecule has 0 unspecified atom stereocenters. The number of hydrogen-bond donors (Lipinski definition) is 3. The highest BCUT2D eigenvalue weighted by molar-refractivity contribution is 7.09. The first-order valence-corrected chi connectivity index (χ1v) is 10.4. The van der Waals surface area contributed by atoms with Crippen molar-refractivity contribution in [3.8, 4) is 11.3 Å². The summed E-state index contributed by atoms with van der Waals surface area (Å²) < 4.78 is 0. The van der Waals surface area contributed by atoms with Crippen LogP contribution in [0.1, 0.15) is 15.4 Å². The van der Waals surface area contributed by atoms with Crippen molar-refractivity contribution in [2.45, 2.75) is 6.54 Å². The number of rotatable bonds is 6. The van der Waals surface area contributed by atoms with Crippen LogP contribution < -0.4 is 16.0 Å². The topological polar surface area (TPSA) is 96.0 Å². The fourth-order valence-corrected chi connectivity index (χ4v) is 3.57. The van der Waals surface area contributed by atoms with E-state index in [1.54, 1.807) is 48.8 Å². The molecule has 2 aromatic carbocycles. The number of benzene rings is 2. The van der Waals surface area contributed by atoms with Gasteiger partial charge in [-0.1, -0.05) is 18.2 Å². The Hall–Kier alpha value is -4.04. The molecule has 4 rings (SSSR count). The zero-order valence-electron chi connectivity index (χ0n) is 16.4. The van der Waals surface area contributed by atoms with E-state index in [0.29, 0.717) is 23.5 Å². The van der Waals surface area contributed by atoms with Gasteiger partial charge < -0.3 is 16.0 Å². The number of para-hydroxylation sites is 1. The summed E-state index contributed by atoms with van der Waals surface area (Å²) in [7, 11) is 0. The van der Waals surface area contributed by atoms with Gasteiger partial charge in [-0.2, -0.15) is 0 Å². The zero-order valence-corrected chi connectivity index (χ0v) is 17.2. The maximum atomic E-state index is 12.4. The van der Waals surface area contributed by atoms with Crippen LogP contribution in [0, 0.1) is 0 Å². The molecule has 3 N–H and O–H groups in total. The number of carbonyl (C=O) groups excluding carboxylic acids is 2. The average molecular weight is 430 g/mol. The van der Waals surface area contributed by atoms with Crippen molar-refractivity contribution in [1.82, 2.24) is 15.3 Å². The van der Waals surface area contributed by atoms with E-state index in [2.05, 4.69) is 25.9 Å². The van der Waals surface area contributed by atoms with E-state index in [-0.39, 0.29) is 11.9 Å². The number of hydrogen-bond acceptors (Lipinski definition) is 5. The predicted octanol–water partition coefficient (Wildman–Crippen LogP) is 4.78. The van der Waals surface area contributed by atoms with E-state index < -0.39 is 0 Å². The highest BCUT2D eigenvalue weighted by Crippen LogP contribution is 2.21. The fraction of sp³-hybridized carbons (Fsp3) is 0.0435. The minimum absolute atomic E-state index is 0.207. The van der Waals surface area contributed by atoms with Crippen LogP contribution in [0.4, 0.5) is 16.2 Å². The summed E-state index contributed by atoms with van der Waals surface area (Å²) in [6.45, 7) is 0.341. The van der Waals surface area contributed by atoms with Gasteiger partial charge in [-0.15, -0.1) is 11.3 Å². The van der Waals surface area contributed by atoms with Gasteiger partial charge in [0.25, 0.3) is 5.91 Å². The zero-order chi connectivity index (χ0) is 21.5. The SMILES string of the molecule is O=C(Nc1ccccc1)Nc1ccc(C(=O)NCc2nc(-c3ccncc3)cs2)cc1. The number of anilines is 2. The van der Waals surface area contributed by atoms with Gasteiger partial charge in [-0.25, -0.2) is 9.78 Å². The first kappa shape index (κ1) is 20.2. The Morgan fingerprint density at radius 3 is 2.23 bits per heavy atom. The van der Waals surface area contributed by atoms with Crippen molar-refractivity contribution in [1.29, 1.82) is 0 Å². The molecule has 0 radical (unpaired) electrons. The van der Waals surface area contributed by atoms with Crippen LogP contribution in [0.15, 0.2) is 84.5 Å². The molecule has 8 heteroatoms. The highest BCUT2D eigenvalue weighted by atomic mass is 32.1. The number of urea groups is 1. The van der Waals surface area contributed by atoms with E-state index in [0.717, 1.165) is 16.3 Å². The molecule has 0 spiro atoms. The number of thiazole rings is 1. The number of nitrogens with zero attached hydrogens (tertiary/aromatic N) is 2. The van der Waals surface area contributed by atoms with E-state index in [4.69, 9.17) is 0 Å². The number of aromatic nitrogens is 2. The Bertz CT molecular complexity index is 1160. The van der Waals surface area contributed by atoms with Crippen molar-refractivity contribution in [2.75, 3.05) is 10.6 Å². The largest absolute Gasteiger partial charge is 0.346 e. The molecule has 2 heterocycles. The Labute approximate surface area is 183 Å². The lowest BCUT2D eigenvalue weighted by Gasteiger charge is -2.08. The van der Waals surface area contributed by atoms with E-state index in [1.807, 2.05) is 35.7 Å². The minimum atomic E-state index is -0.350. The second-order valence-electron chi connectivity index (χ2n) is 6.57. The van der Waals surface area contributed by atoms with Gasteiger partial charge in [0.05, 0.1) is 12.2 Å². The average Bonchev–Trinajstić information content (AvgIpc) is 3.28. The molecule has 154 valence electrons. The van der Waals surface area contributed by atoms with Crippen LogP contribution in [0.2, 0.25) is 0 Å². The minimum Gasteiger partial charge on any atom is -0.346 e. The Balaban J connectivity index is 1.29. The molecule has 0 bridgehead atoms. The summed E-state index contributed by atoms with van der Waals surface area (Å²) in [5.74, 6) is -0.207. The van der Waals surface area contributed by atoms with E-state index in [1.165, 1.54) is 11.3 Å². The maximum absolute atomic E-state index is 12.4. The van der Waals surface area contributed by atoms with Crippen LogP contribution in [0.25, 0.3) is 11.3 Å². The third-order valence-corrected chi connectivity index (χ3v) is 5.21. The van der Waals surface area contributed by atoms with Gasteiger partial charge in [-0.3, -0.25) is 9.78 Å². The van der Waals surface area contributed by atoms with Gasteiger partial charge in [0, 0.05) is 40.3 Å². The van der Waals surface area contributed by atoms with E-state index in [9.17, 15) is 9.59 Å². The number of pyridine rings is 1. The molecule has 0 saturated heterocycles. The first-order chi connectivity index (χ1) is 15.2. The van der Waals surface area contributed by atoms with Gasteiger partial charge >= 0.3 is 6.03 Å². The third-order valence-electron chi connectivity index (χ3n) is 4.36. The van der Waals surface area contributed by atoms with Gasteiger partial charge in [0.15, 0.2) is 0 Å².